The van der Waals surface area contributed by atoms with Gasteiger partial charge in [-0.2, -0.15) is 0 Å². The highest BCUT2D eigenvalue weighted by molar-refractivity contribution is 5.21. The number of rotatable bonds is 0. The fourth-order valence-corrected chi connectivity index (χ4v) is 4.90. The molecule has 0 radical (unpaired) electrons. The Morgan fingerprint density at radius 2 is 1.94 bits per heavy atom. The molecule has 0 unspecified atom stereocenters. The summed E-state index contributed by atoms with van der Waals surface area (Å²) in [5.41, 5.74) is 1.52. The van der Waals surface area contributed by atoms with Crippen molar-refractivity contribution in [2.24, 2.45) is 29.1 Å². The summed E-state index contributed by atoms with van der Waals surface area (Å²) < 4.78 is 0. The topological polar surface area (TPSA) is 20.2 Å². The van der Waals surface area contributed by atoms with E-state index in [9.17, 15) is 5.11 Å². The number of hydrogen-bond acceptors (Lipinski definition) is 1. The van der Waals surface area contributed by atoms with Crippen molar-refractivity contribution in [3.05, 3.63) is 12.2 Å². The van der Waals surface area contributed by atoms with E-state index in [1.165, 1.54) is 18.4 Å². The second-order valence-electron chi connectivity index (χ2n) is 7.33. The summed E-state index contributed by atoms with van der Waals surface area (Å²) in [6, 6.07) is 0. The fourth-order valence-electron chi connectivity index (χ4n) is 4.90. The Morgan fingerprint density at radius 1 is 1.25 bits per heavy atom. The summed E-state index contributed by atoms with van der Waals surface area (Å²) in [6.45, 7) is 11.1. The van der Waals surface area contributed by atoms with E-state index in [0.717, 1.165) is 24.7 Å². The Balaban J connectivity index is 1.91. The Kier molecular flexibility index (Phi) is 1.98. The molecule has 0 saturated heterocycles. The van der Waals surface area contributed by atoms with Gasteiger partial charge in [0.05, 0.1) is 5.60 Å². The smallest absolute Gasteiger partial charge is 0.0628 e. The molecule has 1 N–H and O–H groups in total. The van der Waals surface area contributed by atoms with Gasteiger partial charge in [0.25, 0.3) is 0 Å². The maximum Gasteiger partial charge on any atom is 0.0628 e. The van der Waals surface area contributed by atoms with Gasteiger partial charge in [0.2, 0.25) is 0 Å². The lowest BCUT2D eigenvalue weighted by Gasteiger charge is -2.21. The average molecular weight is 220 g/mol. The van der Waals surface area contributed by atoms with Gasteiger partial charge in [-0.1, -0.05) is 26.0 Å². The first kappa shape index (κ1) is 10.8. The lowest BCUT2D eigenvalue weighted by molar-refractivity contribution is 0.0601. The van der Waals surface area contributed by atoms with Crippen LogP contribution in [-0.4, -0.2) is 10.7 Å². The molecule has 5 atom stereocenters. The highest BCUT2D eigenvalue weighted by atomic mass is 16.3. The first-order chi connectivity index (χ1) is 7.33. The second-order valence-corrected chi connectivity index (χ2v) is 7.33. The highest BCUT2D eigenvalue weighted by Gasteiger charge is 2.64. The average Bonchev–Trinajstić information content (AvgIpc) is 2.58. The summed E-state index contributed by atoms with van der Waals surface area (Å²) in [5.74, 6) is 3.07. The van der Waals surface area contributed by atoms with Gasteiger partial charge >= 0.3 is 0 Å². The molecule has 0 bridgehead atoms. The SMILES string of the molecule is C=C1CC[C@@H]2[C@H]([C@@H]3C[C@@](C)(O)C[C@@H]13)C2(C)C. The molecule has 3 rings (SSSR count). The summed E-state index contributed by atoms with van der Waals surface area (Å²) in [4.78, 5) is 0. The zero-order chi connectivity index (χ0) is 11.7. The van der Waals surface area contributed by atoms with E-state index in [1.807, 2.05) is 6.92 Å². The van der Waals surface area contributed by atoms with E-state index in [2.05, 4.69) is 20.4 Å². The lowest BCUT2D eigenvalue weighted by atomic mass is 9.83. The highest BCUT2D eigenvalue weighted by Crippen LogP contribution is 2.70. The maximum absolute atomic E-state index is 10.3. The molecule has 3 aliphatic carbocycles. The van der Waals surface area contributed by atoms with E-state index in [4.69, 9.17) is 0 Å². The van der Waals surface area contributed by atoms with Gasteiger partial charge in [0.1, 0.15) is 0 Å². The van der Waals surface area contributed by atoms with Crippen molar-refractivity contribution in [2.75, 3.05) is 0 Å². The minimum absolute atomic E-state index is 0.432. The van der Waals surface area contributed by atoms with Gasteiger partial charge in [-0.3, -0.25) is 0 Å². The van der Waals surface area contributed by atoms with Crippen LogP contribution in [0.1, 0.15) is 46.5 Å². The quantitative estimate of drug-likeness (QED) is 0.620. The minimum Gasteiger partial charge on any atom is -0.390 e. The van der Waals surface area contributed by atoms with Crippen LogP contribution in [0.2, 0.25) is 0 Å². The third kappa shape index (κ3) is 1.33. The van der Waals surface area contributed by atoms with Crippen LogP contribution in [-0.2, 0) is 0 Å². The molecule has 0 aromatic carbocycles. The summed E-state index contributed by atoms with van der Waals surface area (Å²) >= 11 is 0. The summed E-state index contributed by atoms with van der Waals surface area (Å²) in [7, 11) is 0. The predicted molar refractivity (Wildman–Crippen MR) is 66.0 cm³/mol. The van der Waals surface area contributed by atoms with Crippen LogP contribution in [0, 0.1) is 29.1 Å². The van der Waals surface area contributed by atoms with Gasteiger partial charge in [0, 0.05) is 0 Å². The van der Waals surface area contributed by atoms with E-state index in [-0.39, 0.29) is 0 Å². The van der Waals surface area contributed by atoms with Crippen molar-refractivity contribution >= 4 is 0 Å². The normalized spacial score (nSPS) is 54.1. The van der Waals surface area contributed by atoms with Crippen LogP contribution in [0.25, 0.3) is 0 Å². The molecule has 16 heavy (non-hydrogen) atoms. The second kappa shape index (κ2) is 2.93. The first-order valence-electron chi connectivity index (χ1n) is 6.73. The van der Waals surface area contributed by atoms with Gasteiger partial charge in [-0.25, -0.2) is 0 Å². The van der Waals surface area contributed by atoms with E-state index < -0.39 is 5.60 Å². The molecule has 1 nitrogen and oxygen atoms in total. The van der Waals surface area contributed by atoms with E-state index in [1.54, 1.807) is 0 Å². The molecule has 0 aromatic heterocycles. The molecule has 0 aliphatic heterocycles. The van der Waals surface area contributed by atoms with Crippen LogP contribution >= 0.6 is 0 Å². The van der Waals surface area contributed by atoms with Crippen LogP contribution < -0.4 is 0 Å². The molecular weight excluding hydrogens is 196 g/mol. The molecule has 3 fully saturated rings. The van der Waals surface area contributed by atoms with Gasteiger partial charge in [0.15, 0.2) is 0 Å². The third-order valence-corrected chi connectivity index (χ3v) is 5.75. The Bertz CT molecular complexity index is 339. The fraction of sp³-hybridized carbons (Fsp3) is 0.867. The lowest BCUT2D eigenvalue weighted by Crippen LogP contribution is -2.19. The summed E-state index contributed by atoms with van der Waals surface area (Å²) in [5, 5.41) is 10.3. The molecule has 0 spiro atoms. The zero-order valence-electron chi connectivity index (χ0n) is 10.8. The number of fused-ring (bicyclic) bond motifs is 3. The number of aliphatic hydroxyl groups is 1. The standard InChI is InChI=1S/C15H24O/c1-9-5-6-12-13(14(12,2)3)11-8-15(4,16)7-10(9)11/h10-13,16H,1,5-8H2,2-4H3/t10-,11+,12+,13-,15-/m0/s1. The Labute approximate surface area is 98.9 Å². The van der Waals surface area contributed by atoms with Crippen LogP contribution in [0.4, 0.5) is 0 Å². The molecule has 0 amide bonds. The van der Waals surface area contributed by atoms with Crippen molar-refractivity contribution in [1.82, 2.24) is 0 Å². The van der Waals surface area contributed by atoms with Crippen LogP contribution in [0.3, 0.4) is 0 Å². The number of hydrogen-bond donors (Lipinski definition) is 1. The molecule has 3 saturated carbocycles. The molecule has 1 heteroatoms. The zero-order valence-corrected chi connectivity index (χ0v) is 10.8. The minimum atomic E-state index is -0.432. The van der Waals surface area contributed by atoms with Crippen LogP contribution in [0.5, 0.6) is 0 Å². The van der Waals surface area contributed by atoms with Crippen molar-refractivity contribution in [3.8, 4) is 0 Å². The molecule has 3 aliphatic rings. The predicted octanol–water partition coefficient (Wildman–Crippen LogP) is 3.39. The molecule has 0 aromatic rings. The monoisotopic (exact) mass is 220 g/mol. The van der Waals surface area contributed by atoms with E-state index in [0.29, 0.717) is 17.3 Å². The Hall–Kier alpha value is -0.300. The molecule has 0 heterocycles. The molecule has 90 valence electrons. The van der Waals surface area contributed by atoms with Crippen molar-refractivity contribution in [1.29, 1.82) is 0 Å². The third-order valence-electron chi connectivity index (χ3n) is 5.75. The van der Waals surface area contributed by atoms with Crippen LogP contribution in [0.15, 0.2) is 12.2 Å². The van der Waals surface area contributed by atoms with Gasteiger partial charge in [-0.15, -0.1) is 0 Å². The van der Waals surface area contributed by atoms with Crippen molar-refractivity contribution in [3.63, 3.8) is 0 Å². The summed E-state index contributed by atoms with van der Waals surface area (Å²) in [6.07, 6.45) is 4.49. The maximum atomic E-state index is 10.3. The largest absolute Gasteiger partial charge is 0.390 e. The Morgan fingerprint density at radius 3 is 2.62 bits per heavy atom. The van der Waals surface area contributed by atoms with Gasteiger partial charge < -0.3 is 5.11 Å². The van der Waals surface area contributed by atoms with Crippen molar-refractivity contribution < 1.29 is 5.11 Å². The number of allylic oxidation sites excluding steroid dienone is 1. The van der Waals surface area contributed by atoms with Crippen molar-refractivity contribution in [2.45, 2.75) is 52.1 Å². The molecular formula is C15H24O. The van der Waals surface area contributed by atoms with Gasteiger partial charge in [-0.05, 0) is 61.7 Å². The first-order valence-corrected chi connectivity index (χ1v) is 6.73. The van der Waals surface area contributed by atoms with E-state index >= 15 is 0 Å².